The Labute approximate surface area is 168 Å². The maximum atomic E-state index is 5.97. The van der Waals surface area contributed by atoms with E-state index in [4.69, 9.17) is 4.74 Å². The van der Waals surface area contributed by atoms with Gasteiger partial charge >= 0.3 is 0 Å². The summed E-state index contributed by atoms with van der Waals surface area (Å²) in [6.45, 7) is 4.23. The van der Waals surface area contributed by atoms with Gasteiger partial charge in [-0.1, -0.05) is 18.2 Å². The summed E-state index contributed by atoms with van der Waals surface area (Å²) in [6, 6.07) is 8.20. The highest BCUT2D eigenvalue weighted by molar-refractivity contribution is 5.80. The molecule has 7 nitrogen and oxygen atoms in total. The monoisotopic (exact) mass is 384 g/mol. The molecule has 1 N–H and O–H groups in total. The first-order valence-corrected chi connectivity index (χ1v) is 9.86. The molecule has 1 aliphatic heterocycles. The number of aromatic nitrogens is 2. The number of aliphatic imine (C=N–C) groups is 1. The van der Waals surface area contributed by atoms with Crippen molar-refractivity contribution in [2.24, 2.45) is 12.0 Å². The molecule has 1 fully saturated rings. The third kappa shape index (κ3) is 5.25. The third-order valence-electron chi connectivity index (χ3n) is 5.10. The van der Waals surface area contributed by atoms with Crippen LogP contribution in [0.5, 0.6) is 5.75 Å². The fourth-order valence-corrected chi connectivity index (χ4v) is 3.51. The van der Waals surface area contributed by atoms with Crippen molar-refractivity contribution in [3.05, 3.63) is 47.8 Å². The number of guanidine groups is 1. The summed E-state index contributed by atoms with van der Waals surface area (Å²) >= 11 is 0. The Hall–Kier alpha value is -2.54. The first-order valence-electron chi connectivity index (χ1n) is 9.86. The fourth-order valence-electron chi connectivity index (χ4n) is 3.51. The second kappa shape index (κ2) is 9.59. The van der Waals surface area contributed by atoms with Crippen LogP contribution in [0.1, 0.15) is 23.5 Å². The third-order valence-corrected chi connectivity index (χ3v) is 5.10. The van der Waals surface area contributed by atoms with Crippen LogP contribution >= 0.6 is 0 Å². The zero-order valence-electron chi connectivity index (χ0n) is 17.4. The lowest BCUT2D eigenvalue weighted by Gasteiger charge is -2.22. The van der Waals surface area contributed by atoms with Gasteiger partial charge in [-0.25, -0.2) is 0 Å². The molecular weight excluding hydrogens is 352 g/mol. The van der Waals surface area contributed by atoms with Gasteiger partial charge in [0, 0.05) is 58.0 Å². The van der Waals surface area contributed by atoms with E-state index in [2.05, 4.69) is 51.6 Å². The standard InChI is InChI=1S/C21H32N6O/c1-22-21(27-10-9-18(16-27)19-14-24-26(4)15-19)23-13-17-7-5-6-8-20(17)28-12-11-25(2)3/h5-8,14-15,18H,9-13,16H2,1-4H3,(H,22,23). The number of hydrogen-bond donors (Lipinski definition) is 1. The predicted molar refractivity (Wildman–Crippen MR) is 113 cm³/mol. The molecule has 0 aliphatic carbocycles. The van der Waals surface area contributed by atoms with Crippen LogP contribution in [0.15, 0.2) is 41.7 Å². The van der Waals surface area contributed by atoms with E-state index < -0.39 is 0 Å². The fraction of sp³-hybridized carbons (Fsp3) is 0.524. The van der Waals surface area contributed by atoms with Gasteiger partial charge in [-0.3, -0.25) is 9.67 Å². The summed E-state index contributed by atoms with van der Waals surface area (Å²) < 4.78 is 7.85. The van der Waals surface area contributed by atoms with Gasteiger partial charge in [-0.05, 0) is 32.1 Å². The van der Waals surface area contributed by atoms with Crippen molar-refractivity contribution < 1.29 is 4.74 Å². The molecule has 1 saturated heterocycles. The van der Waals surface area contributed by atoms with Crippen LogP contribution in [-0.4, -0.2) is 72.9 Å². The highest BCUT2D eigenvalue weighted by atomic mass is 16.5. The number of para-hydroxylation sites is 1. The minimum Gasteiger partial charge on any atom is -0.492 e. The minimum absolute atomic E-state index is 0.508. The Morgan fingerprint density at radius 2 is 2.18 bits per heavy atom. The van der Waals surface area contributed by atoms with Crippen LogP contribution in [0.3, 0.4) is 0 Å². The van der Waals surface area contributed by atoms with Gasteiger partial charge in [0.15, 0.2) is 5.96 Å². The van der Waals surface area contributed by atoms with Crippen molar-refractivity contribution in [3.8, 4) is 5.75 Å². The molecule has 0 spiro atoms. The molecule has 1 aliphatic rings. The molecule has 0 amide bonds. The number of benzene rings is 1. The molecular formula is C21H32N6O. The van der Waals surface area contributed by atoms with Gasteiger partial charge in [0.2, 0.25) is 0 Å². The quantitative estimate of drug-likeness (QED) is 0.584. The number of aryl methyl sites for hydroxylation is 1. The average molecular weight is 385 g/mol. The van der Waals surface area contributed by atoms with E-state index in [1.54, 1.807) is 0 Å². The Kier molecular flexibility index (Phi) is 6.92. The molecule has 152 valence electrons. The molecule has 1 aromatic heterocycles. The number of likely N-dealkylation sites (N-methyl/N-ethyl adjacent to an activating group) is 1. The average Bonchev–Trinajstić information content (AvgIpc) is 3.32. The van der Waals surface area contributed by atoms with Gasteiger partial charge < -0.3 is 19.9 Å². The van der Waals surface area contributed by atoms with E-state index in [1.165, 1.54) is 5.56 Å². The molecule has 3 rings (SSSR count). The lowest BCUT2D eigenvalue weighted by Crippen LogP contribution is -2.39. The van der Waals surface area contributed by atoms with Crippen molar-refractivity contribution in [1.82, 2.24) is 24.9 Å². The lowest BCUT2D eigenvalue weighted by molar-refractivity contribution is 0.259. The highest BCUT2D eigenvalue weighted by Gasteiger charge is 2.26. The first kappa shape index (κ1) is 20.2. The van der Waals surface area contributed by atoms with Crippen LogP contribution in [-0.2, 0) is 13.6 Å². The summed E-state index contributed by atoms with van der Waals surface area (Å²) in [4.78, 5) is 8.94. The van der Waals surface area contributed by atoms with Crippen LogP contribution in [0.2, 0.25) is 0 Å². The number of ether oxygens (including phenoxy) is 1. The molecule has 28 heavy (non-hydrogen) atoms. The van der Waals surface area contributed by atoms with E-state index in [1.807, 2.05) is 43.2 Å². The zero-order valence-corrected chi connectivity index (χ0v) is 17.4. The van der Waals surface area contributed by atoms with Crippen LogP contribution < -0.4 is 10.1 Å². The van der Waals surface area contributed by atoms with E-state index in [9.17, 15) is 0 Å². The molecule has 1 unspecified atom stereocenters. The van der Waals surface area contributed by atoms with Gasteiger partial charge in [0.1, 0.15) is 12.4 Å². The van der Waals surface area contributed by atoms with Crippen LogP contribution in [0.25, 0.3) is 0 Å². The van der Waals surface area contributed by atoms with Crippen molar-refractivity contribution >= 4 is 5.96 Å². The topological polar surface area (TPSA) is 57.9 Å². The second-order valence-corrected chi connectivity index (χ2v) is 7.54. The van der Waals surface area contributed by atoms with Crippen LogP contribution in [0, 0.1) is 0 Å². The SMILES string of the molecule is CN=C(NCc1ccccc1OCCN(C)C)N1CCC(c2cnn(C)c2)C1. The second-order valence-electron chi connectivity index (χ2n) is 7.54. The zero-order chi connectivity index (χ0) is 19.9. The summed E-state index contributed by atoms with van der Waals surface area (Å²) in [6.07, 6.45) is 5.22. The van der Waals surface area contributed by atoms with Crippen molar-refractivity contribution in [2.75, 3.05) is 47.4 Å². The lowest BCUT2D eigenvalue weighted by atomic mass is 10.0. The van der Waals surface area contributed by atoms with E-state index in [0.717, 1.165) is 43.3 Å². The van der Waals surface area contributed by atoms with E-state index >= 15 is 0 Å². The van der Waals surface area contributed by atoms with Gasteiger partial charge in [0.25, 0.3) is 0 Å². The Morgan fingerprint density at radius 3 is 2.89 bits per heavy atom. The molecule has 0 saturated carbocycles. The van der Waals surface area contributed by atoms with E-state index in [0.29, 0.717) is 19.1 Å². The first-order chi connectivity index (χ1) is 13.6. The molecule has 0 radical (unpaired) electrons. The summed E-state index contributed by atoms with van der Waals surface area (Å²) in [5.41, 5.74) is 2.45. The number of likely N-dealkylation sites (tertiary alicyclic amines) is 1. The molecule has 1 atom stereocenters. The number of hydrogen-bond acceptors (Lipinski definition) is 4. The van der Waals surface area contributed by atoms with Crippen molar-refractivity contribution in [2.45, 2.75) is 18.9 Å². The molecule has 1 aromatic carbocycles. The van der Waals surface area contributed by atoms with Crippen molar-refractivity contribution in [1.29, 1.82) is 0 Å². The van der Waals surface area contributed by atoms with E-state index in [-0.39, 0.29) is 0 Å². The number of nitrogens with one attached hydrogen (secondary N) is 1. The Bertz CT molecular complexity index is 785. The maximum Gasteiger partial charge on any atom is 0.193 e. The Morgan fingerprint density at radius 1 is 1.36 bits per heavy atom. The maximum absolute atomic E-state index is 5.97. The summed E-state index contributed by atoms with van der Waals surface area (Å²) in [5.74, 6) is 2.38. The normalized spacial score (nSPS) is 17.4. The predicted octanol–water partition coefficient (Wildman–Crippen LogP) is 1.93. The Balaban J connectivity index is 1.56. The van der Waals surface area contributed by atoms with Gasteiger partial charge in [-0.15, -0.1) is 0 Å². The number of nitrogens with zero attached hydrogens (tertiary/aromatic N) is 5. The molecule has 2 heterocycles. The van der Waals surface area contributed by atoms with Crippen LogP contribution in [0.4, 0.5) is 0 Å². The largest absolute Gasteiger partial charge is 0.492 e. The summed E-state index contributed by atoms with van der Waals surface area (Å²) in [5, 5.41) is 7.82. The highest BCUT2D eigenvalue weighted by Crippen LogP contribution is 2.26. The van der Waals surface area contributed by atoms with Gasteiger partial charge in [-0.2, -0.15) is 5.10 Å². The summed E-state index contributed by atoms with van der Waals surface area (Å²) in [7, 11) is 7.92. The number of rotatable bonds is 7. The van der Waals surface area contributed by atoms with Crippen molar-refractivity contribution in [3.63, 3.8) is 0 Å². The van der Waals surface area contributed by atoms with Gasteiger partial charge in [0.05, 0.1) is 6.20 Å². The smallest absolute Gasteiger partial charge is 0.193 e. The molecule has 0 bridgehead atoms. The minimum atomic E-state index is 0.508. The molecule has 7 heteroatoms. The molecule has 2 aromatic rings.